The largest absolute Gasteiger partial charge is 0.481 e. The molecule has 3 unspecified atom stereocenters. The first-order chi connectivity index (χ1) is 10.4. The second-order valence-electron chi connectivity index (χ2n) is 6.31. The zero-order valence-corrected chi connectivity index (χ0v) is 13.0. The fourth-order valence-corrected chi connectivity index (χ4v) is 3.95. The van der Waals surface area contributed by atoms with Crippen molar-refractivity contribution in [3.05, 3.63) is 23.9 Å². The highest BCUT2D eigenvalue weighted by Crippen LogP contribution is 2.32. The fraction of sp³-hybridized carbons (Fsp3) is 0.706. The highest BCUT2D eigenvalue weighted by atomic mass is 16.5. The molecule has 21 heavy (non-hydrogen) atoms. The van der Waals surface area contributed by atoms with Gasteiger partial charge in [0, 0.05) is 30.4 Å². The number of ether oxygens (including phenoxy) is 1. The summed E-state index contributed by atoms with van der Waals surface area (Å²) in [6, 6.07) is 5.43. The van der Waals surface area contributed by atoms with Gasteiger partial charge in [0.05, 0.1) is 7.11 Å². The van der Waals surface area contributed by atoms with Gasteiger partial charge in [0.2, 0.25) is 5.88 Å². The molecule has 2 N–H and O–H groups in total. The maximum Gasteiger partial charge on any atom is 0.217 e. The first kappa shape index (κ1) is 14.8. The minimum Gasteiger partial charge on any atom is -0.481 e. The van der Waals surface area contributed by atoms with Crippen molar-refractivity contribution in [1.82, 2.24) is 15.6 Å². The van der Waals surface area contributed by atoms with E-state index in [1.165, 1.54) is 45.1 Å². The van der Waals surface area contributed by atoms with Gasteiger partial charge >= 0.3 is 0 Å². The van der Waals surface area contributed by atoms with E-state index >= 15 is 0 Å². The first-order valence-electron chi connectivity index (χ1n) is 8.33. The van der Waals surface area contributed by atoms with Gasteiger partial charge in [-0.05, 0) is 44.2 Å². The molecular weight excluding hydrogens is 262 g/mol. The molecule has 0 bridgehead atoms. The summed E-state index contributed by atoms with van der Waals surface area (Å²) in [6.45, 7) is 2.05. The minimum atomic E-state index is 0.630. The van der Waals surface area contributed by atoms with E-state index in [-0.39, 0.29) is 0 Å². The van der Waals surface area contributed by atoms with Gasteiger partial charge in [0.25, 0.3) is 0 Å². The molecule has 0 aromatic carbocycles. The molecule has 1 saturated carbocycles. The molecule has 4 heteroatoms. The molecule has 1 aliphatic heterocycles. The van der Waals surface area contributed by atoms with Crippen molar-refractivity contribution in [3.63, 3.8) is 0 Å². The van der Waals surface area contributed by atoms with Crippen molar-refractivity contribution in [2.75, 3.05) is 13.7 Å². The van der Waals surface area contributed by atoms with E-state index < -0.39 is 0 Å². The van der Waals surface area contributed by atoms with Crippen molar-refractivity contribution >= 4 is 0 Å². The summed E-state index contributed by atoms with van der Waals surface area (Å²) in [6.07, 6.45) is 9.87. The fourth-order valence-electron chi connectivity index (χ4n) is 3.95. The molecule has 2 heterocycles. The Labute approximate surface area is 127 Å². The van der Waals surface area contributed by atoms with E-state index in [0.29, 0.717) is 6.04 Å². The molecule has 0 radical (unpaired) electrons. The van der Waals surface area contributed by atoms with E-state index in [4.69, 9.17) is 4.74 Å². The Morgan fingerprint density at radius 2 is 2.24 bits per heavy atom. The Bertz CT molecular complexity index is 445. The number of hydrogen-bond donors (Lipinski definition) is 2. The molecule has 1 aromatic rings. The van der Waals surface area contributed by atoms with Crippen LogP contribution in [-0.2, 0) is 6.54 Å². The number of nitrogens with zero attached hydrogens (tertiary/aromatic N) is 1. The number of aromatic nitrogens is 1. The Morgan fingerprint density at radius 3 is 3.05 bits per heavy atom. The number of nitrogens with one attached hydrogen (secondary N) is 2. The third-order valence-corrected chi connectivity index (χ3v) is 5.03. The molecule has 3 rings (SSSR count). The van der Waals surface area contributed by atoms with E-state index in [2.05, 4.69) is 21.7 Å². The molecule has 3 atom stereocenters. The number of hydrogen-bond acceptors (Lipinski definition) is 4. The zero-order valence-electron chi connectivity index (χ0n) is 13.0. The Balaban J connectivity index is 1.58. The molecule has 1 aromatic heterocycles. The molecule has 1 saturated heterocycles. The second-order valence-corrected chi connectivity index (χ2v) is 6.31. The van der Waals surface area contributed by atoms with Crippen LogP contribution < -0.4 is 15.4 Å². The molecule has 1 aliphatic carbocycles. The van der Waals surface area contributed by atoms with Crippen molar-refractivity contribution < 1.29 is 4.74 Å². The highest BCUT2D eigenvalue weighted by Gasteiger charge is 2.33. The standard InChI is InChI=1S/C17H27N3O/c1-21-17-13(6-5-11-19-17)12-20-16-9-4-7-14(16)15-8-2-3-10-18-15/h5-6,11,14-16,18,20H,2-4,7-10,12H2,1H3. The van der Waals surface area contributed by atoms with E-state index in [1.807, 2.05) is 6.07 Å². The minimum absolute atomic E-state index is 0.630. The van der Waals surface area contributed by atoms with Gasteiger partial charge in [-0.15, -0.1) is 0 Å². The van der Waals surface area contributed by atoms with Crippen LogP contribution in [0.1, 0.15) is 44.1 Å². The van der Waals surface area contributed by atoms with Crippen LogP contribution in [0, 0.1) is 5.92 Å². The Hall–Kier alpha value is -1.13. The summed E-state index contributed by atoms with van der Waals surface area (Å²) >= 11 is 0. The van der Waals surface area contributed by atoms with Gasteiger partial charge in [-0.2, -0.15) is 0 Å². The molecule has 0 spiro atoms. The van der Waals surface area contributed by atoms with Gasteiger partial charge in [-0.25, -0.2) is 4.98 Å². The van der Waals surface area contributed by atoms with Gasteiger partial charge in [0.1, 0.15) is 0 Å². The molecule has 4 nitrogen and oxygen atoms in total. The number of rotatable bonds is 5. The summed E-state index contributed by atoms with van der Waals surface area (Å²) in [5.41, 5.74) is 1.15. The van der Waals surface area contributed by atoms with Crippen molar-refractivity contribution in [2.45, 2.75) is 57.2 Å². The predicted octanol–water partition coefficient (Wildman–Crippen LogP) is 2.49. The lowest BCUT2D eigenvalue weighted by Crippen LogP contribution is -2.46. The van der Waals surface area contributed by atoms with E-state index in [9.17, 15) is 0 Å². The molecular formula is C17H27N3O. The number of pyridine rings is 1. The third kappa shape index (κ3) is 3.55. The molecule has 2 aliphatic rings. The monoisotopic (exact) mass is 289 g/mol. The van der Waals surface area contributed by atoms with E-state index in [1.54, 1.807) is 13.3 Å². The van der Waals surface area contributed by atoms with Crippen LogP contribution in [0.3, 0.4) is 0 Å². The van der Waals surface area contributed by atoms with Gasteiger partial charge < -0.3 is 15.4 Å². The van der Waals surface area contributed by atoms with Gasteiger partial charge in [-0.1, -0.05) is 18.9 Å². The number of methoxy groups -OCH3 is 1. The van der Waals surface area contributed by atoms with Crippen molar-refractivity contribution in [1.29, 1.82) is 0 Å². The quantitative estimate of drug-likeness (QED) is 0.874. The maximum atomic E-state index is 5.34. The number of piperidine rings is 1. The Kier molecular flexibility index (Phi) is 5.09. The van der Waals surface area contributed by atoms with Gasteiger partial charge in [-0.3, -0.25) is 0 Å². The summed E-state index contributed by atoms with van der Waals surface area (Å²) in [5, 5.41) is 7.49. The van der Waals surface area contributed by atoms with Crippen molar-refractivity contribution in [2.24, 2.45) is 5.92 Å². The predicted molar refractivity (Wildman–Crippen MR) is 84.4 cm³/mol. The van der Waals surface area contributed by atoms with Crippen LogP contribution in [0.4, 0.5) is 0 Å². The zero-order chi connectivity index (χ0) is 14.5. The van der Waals surface area contributed by atoms with Crippen LogP contribution in [0.25, 0.3) is 0 Å². The second kappa shape index (κ2) is 7.23. The molecule has 2 fully saturated rings. The lowest BCUT2D eigenvalue weighted by atomic mass is 9.88. The van der Waals surface area contributed by atoms with Gasteiger partial charge in [0.15, 0.2) is 0 Å². The Morgan fingerprint density at radius 1 is 1.29 bits per heavy atom. The topological polar surface area (TPSA) is 46.2 Å². The van der Waals surface area contributed by atoms with Crippen LogP contribution in [0.15, 0.2) is 18.3 Å². The SMILES string of the molecule is COc1ncccc1CNC1CCCC1C1CCCCN1. The highest BCUT2D eigenvalue weighted by molar-refractivity contribution is 5.25. The summed E-state index contributed by atoms with van der Waals surface area (Å²) in [7, 11) is 1.69. The van der Waals surface area contributed by atoms with Crippen LogP contribution in [0.5, 0.6) is 5.88 Å². The average Bonchev–Trinajstić information content (AvgIpc) is 3.02. The molecule has 116 valence electrons. The van der Waals surface area contributed by atoms with Crippen LogP contribution >= 0.6 is 0 Å². The smallest absolute Gasteiger partial charge is 0.217 e. The molecule has 0 amide bonds. The maximum absolute atomic E-state index is 5.34. The normalized spacial score (nSPS) is 29.5. The van der Waals surface area contributed by atoms with Crippen LogP contribution in [-0.4, -0.2) is 30.7 Å². The van der Waals surface area contributed by atoms with Crippen molar-refractivity contribution in [3.8, 4) is 5.88 Å². The summed E-state index contributed by atoms with van der Waals surface area (Å²) in [5.74, 6) is 1.53. The lowest BCUT2D eigenvalue weighted by molar-refractivity contribution is 0.256. The van der Waals surface area contributed by atoms with Crippen LogP contribution in [0.2, 0.25) is 0 Å². The third-order valence-electron chi connectivity index (χ3n) is 5.03. The first-order valence-corrected chi connectivity index (χ1v) is 8.33. The summed E-state index contributed by atoms with van der Waals surface area (Å²) < 4.78 is 5.34. The average molecular weight is 289 g/mol. The lowest BCUT2D eigenvalue weighted by Gasteiger charge is -2.33. The summed E-state index contributed by atoms with van der Waals surface area (Å²) in [4.78, 5) is 4.28. The van der Waals surface area contributed by atoms with E-state index in [0.717, 1.165) is 29.9 Å².